The Morgan fingerprint density at radius 3 is 1.38 bits per heavy atom. The second-order valence-corrected chi connectivity index (χ2v) is 14.5. The summed E-state index contributed by atoms with van der Waals surface area (Å²) in [5.41, 5.74) is 0.378. The number of hydrogen-bond acceptors (Lipinski definition) is 18. The predicted octanol–water partition coefficient (Wildman–Crippen LogP) is 1.01. The fourth-order valence-corrected chi connectivity index (χ4v) is 6.19. The van der Waals surface area contributed by atoms with Crippen LogP contribution in [0.4, 0.5) is 5.69 Å². The van der Waals surface area contributed by atoms with Crippen LogP contribution >= 0.6 is 0 Å². The molecule has 0 bridgehead atoms. The minimum atomic E-state index is -1.08. The van der Waals surface area contributed by atoms with Crippen LogP contribution in [0.5, 0.6) is 0 Å². The molecule has 0 aliphatic carbocycles. The number of hydrogen-bond donors (Lipinski definition) is 3. The van der Waals surface area contributed by atoms with Gasteiger partial charge in [-0.2, -0.15) is 0 Å². The second kappa shape index (κ2) is 37.5. The first-order valence-electron chi connectivity index (χ1n) is 22.7. The molecule has 3 rings (SSSR count). The molecule has 2 heterocycles. The molecule has 1 fully saturated rings. The van der Waals surface area contributed by atoms with E-state index < -0.39 is 29.7 Å². The smallest absolute Gasteiger partial charge is 0.264 e. The van der Waals surface area contributed by atoms with Crippen molar-refractivity contribution in [2.45, 2.75) is 44.6 Å². The summed E-state index contributed by atoms with van der Waals surface area (Å²) in [5, 5.41) is 7.92. The molecule has 0 spiro atoms. The van der Waals surface area contributed by atoms with Crippen LogP contribution < -0.4 is 16.0 Å². The summed E-state index contributed by atoms with van der Waals surface area (Å²) in [6, 6.07) is 3.53. The summed E-state index contributed by atoms with van der Waals surface area (Å²) >= 11 is 0. The number of piperidine rings is 1. The fraction of sp³-hybridized carbons (Fsp3) is 0.750. The lowest BCUT2D eigenvalue weighted by Gasteiger charge is -2.27. The lowest BCUT2D eigenvalue weighted by Crippen LogP contribution is -2.54. The predicted molar refractivity (Wildman–Crippen MR) is 234 cm³/mol. The second-order valence-electron chi connectivity index (χ2n) is 14.5. The molecular weight excluding hydrogens is 856 g/mol. The van der Waals surface area contributed by atoms with Crippen LogP contribution in [0.3, 0.4) is 0 Å². The molecule has 21 heteroatoms. The number of unbranched alkanes of at least 4 members (excludes halogenated alkanes) is 2. The van der Waals surface area contributed by atoms with Gasteiger partial charge in [-0.3, -0.25) is 34.2 Å². The van der Waals surface area contributed by atoms with Gasteiger partial charge in [0.15, 0.2) is 0 Å². The maximum Gasteiger partial charge on any atom is 0.264 e. The minimum absolute atomic E-state index is 0.0266. The number of anilines is 1. The lowest BCUT2D eigenvalue weighted by atomic mass is 10.0. The Bertz CT molecular complexity index is 1470. The standard InChI is InChI=1S/C44H72N4O17/c1-45-11-13-55-15-17-57-19-21-59-23-25-61-27-29-63-31-33-65-35-34-64-32-30-62-28-26-60-24-22-58-20-18-56-16-14-54-12-4-2-3-8-39(49)46-37-7-5-6-36-41(37)44(53)48(43(36)52)38-9-10-40(50)47-42(38)51/h5-7,38,45H,2-4,8-35H2,1H3,(H,46,49)(H,47,50,51). The molecule has 2 aliphatic rings. The number of fused-ring (bicyclic) bond motifs is 1. The highest BCUT2D eigenvalue weighted by Gasteiger charge is 2.45. The summed E-state index contributed by atoms with van der Waals surface area (Å²) in [6.07, 6.45) is 2.44. The molecular formula is C44H72N4O17. The van der Waals surface area contributed by atoms with Crippen LogP contribution in [0, 0.1) is 0 Å². The fourth-order valence-electron chi connectivity index (χ4n) is 6.19. The molecule has 1 saturated heterocycles. The Balaban J connectivity index is 0.971. The van der Waals surface area contributed by atoms with Gasteiger partial charge in [-0.05, 0) is 38.4 Å². The van der Waals surface area contributed by atoms with E-state index in [2.05, 4.69) is 16.0 Å². The van der Waals surface area contributed by atoms with Crippen molar-refractivity contribution in [3.63, 3.8) is 0 Å². The number of rotatable bonds is 44. The summed E-state index contributed by atoms with van der Waals surface area (Å²) in [4.78, 5) is 63.6. The van der Waals surface area contributed by atoms with E-state index in [1.807, 2.05) is 7.05 Å². The zero-order valence-electron chi connectivity index (χ0n) is 38.1. The van der Waals surface area contributed by atoms with Gasteiger partial charge in [0.2, 0.25) is 17.7 Å². The molecule has 0 aromatic heterocycles. The molecule has 1 unspecified atom stereocenters. The molecule has 0 radical (unpaired) electrons. The average Bonchev–Trinajstić information content (AvgIpc) is 3.55. The van der Waals surface area contributed by atoms with Crippen LogP contribution in [0.25, 0.3) is 0 Å². The number of carbonyl (C=O) groups excluding carboxylic acids is 5. The monoisotopic (exact) mass is 928 g/mol. The zero-order chi connectivity index (χ0) is 46.4. The van der Waals surface area contributed by atoms with Gasteiger partial charge in [0.25, 0.3) is 11.8 Å². The molecule has 370 valence electrons. The number of imide groups is 2. The van der Waals surface area contributed by atoms with Gasteiger partial charge < -0.3 is 67.5 Å². The molecule has 1 atom stereocenters. The van der Waals surface area contributed by atoms with E-state index in [4.69, 9.17) is 56.8 Å². The number of benzene rings is 1. The number of ether oxygens (including phenoxy) is 12. The quantitative estimate of drug-likeness (QED) is 0.0612. The van der Waals surface area contributed by atoms with Crippen LogP contribution in [-0.4, -0.2) is 213 Å². The largest absolute Gasteiger partial charge is 0.379 e. The van der Waals surface area contributed by atoms with Gasteiger partial charge in [0.1, 0.15) is 6.04 Å². The molecule has 3 N–H and O–H groups in total. The average molecular weight is 929 g/mol. The maximum absolute atomic E-state index is 13.2. The number of likely N-dealkylation sites (N-methyl/N-ethyl adjacent to an activating group) is 1. The Morgan fingerprint density at radius 2 is 0.969 bits per heavy atom. The molecule has 65 heavy (non-hydrogen) atoms. The third-order valence-electron chi connectivity index (χ3n) is 9.52. The van der Waals surface area contributed by atoms with Gasteiger partial charge in [-0.1, -0.05) is 12.5 Å². The third kappa shape index (κ3) is 25.2. The van der Waals surface area contributed by atoms with Crippen LogP contribution in [0.2, 0.25) is 0 Å². The highest BCUT2D eigenvalue weighted by Crippen LogP contribution is 2.32. The van der Waals surface area contributed by atoms with Crippen molar-refractivity contribution in [3.05, 3.63) is 29.3 Å². The van der Waals surface area contributed by atoms with Gasteiger partial charge >= 0.3 is 0 Å². The van der Waals surface area contributed by atoms with Crippen molar-refractivity contribution in [1.29, 1.82) is 0 Å². The first-order chi connectivity index (χ1) is 31.9. The van der Waals surface area contributed by atoms with E-state index in [9.17, 15) is 24.0 Å². The van der Waals surface area contributed by atoms with Gasteiger partial charge in [-0.15, -0.1) is 0 Å². The summed E-state index contributed by atoms with van der Waals surface area (Å²) in [6.45, 7) is 12.8. The van der Waals surface area contributed by atoms with Crippen molar-refractivity contribution in [2.24, 2.45) is 0 Å². The highest BCUT2D eigenvalue weighted by atomic mass is 16.6. The molecule has 5 amide bonds. The van der Waals surface area contributed by atoms with Crippen LogP contribution in [0.15, 0.2) is 18.2 Å². The number of amides is 5. The van der Waals surface area contributed by atoms with E-state index in [1.165, 1.54) is 6.07 Å². The number of nitrogens with zero attached hydrogens (tertiary/aromatic N) is 1. The zero-order valence-corrected chi connectivity index (χ0v) is 38.1. The van der Waals surface area contributed by atoms with Gasteiger partial charge in [0, 0.05) is 26.0 Å². The maximum atomic E-state index is 13.2. The van der Waals surface area contributed by atoms with E-state index in [1.54, 1.807) is 12.1 Å². The topological polar surface area (TPSA) is 235 Å². The van der Waals surface area contributed by atoms with E-state index in [0.717, 1.165) is 24.3 Å². The van der Waals surface area contributed by atoms with Gasteiger partial charge in [0.05, 0.1) is 169 Å². The molecule has 2 aliphatic heterocycles. The normalized spacial score (nSPS) is 15.0. The van der Waals surface area contributed by atoms with E-state index >= 15 is 0 Å². The van der Waals surface area contributed by atoms with Crippen molar-refractivity contribution >= 4 is 35.2 Å². The minimum Gasteiger partial charge on any atom is -0.379 e. The summed E-state index contributed by atoms with van der Waals surface area (Å²) in [5.74, 6) is -2.72. The van der Waals surface area contributed by atoms with Crippen LogP contribution in [-0.2, 0) is 71.2 Å². The van der Waals surface area contributed by atoms with E-state index in [0.29, 0.717) is 165 Å². The Kier molecular flexibility index (Phi) is 32.2. The number of nitrogens with one attached hydrogen (secondary N) is 3. The molecule has 21 nitrogen and oxygen atoms in total. The molecule has 0 saturated carbocycles. The van der Waals surface area contributed by atoms with Crippen LogP contribution in [0.1, 0.15) is 59.2 Å². The third-order valence-corrected chi connectivity index (χ3v) is 9.52. The van der Waals surface area contributed by atoms with Crippen molar-refractivity contribution in [3.8, 4) is 0 Å². The van der Waals surface area contributed by atoms with E-state index in [-0.39, 0.29) is 42.0 Å². The first kappa shape index (κ1) is 55.8. The Morgan fingerprint density at radius 1 is 0.554 bits per heavy atom. The van der Waals surface area contributed by atoms with Crippen molar-refractivity contribution in [2.75, 3.05) is 177 Å². The lowest BCUT2D eigenvalue weighted by molar-refractivity contribution is -0.136. The summed E-state index contributed by atoms with van der Waals surface area (Å²) in [7, 11) is 1.89. The van der Waals surface area contributed by atoms with Gasteiger partial charge in [-0.25, -0.2) is 0 Å². The Labute approximate surface area is 382 Å². The summed E-state index contributed by atoms with van der Waals surface area (Å²) < 4.78 is 65.9. The molecule has 1 aromatic carbocycles. The first-order valence-corrected chi connectivity index (χ1v) is 22.7. The van der Waals surface area contributed by atoms with Crippen molar-refractivity contribution in [1.82, 2.24) is 15.5 Å². The SMILES string of the molecule is CNCCOCCOCCOCCOCCOCCOCCOCCOCCOCCOCCOCCOCCCCCC(=O)Nc1cccc2c1C(=O)N(C1CCC(=O)NC1=O)C2=O. The number of carbonyl (C=O) groups is 5. The van der Waals surface area contributed by atoms with Crippen molar-refractivity contribution < 1.29 is 80.8 Å². The molecule has 1 aromatic rings. The highest BCUT2D eigenvalue weighted by molar-refractivity contribution is 6.26. The Hall–Kier alpha value is -3.55.